The summed E-state index contributed by atoms with van der Waals surface area (Å²) in [7, 11) is 0. The molecule has 2 aromatic rings. The highest BCUT2D eigenvalue weighted by Crippen LogP contribution is 2.29. The van der Waals surface area contributed by atoms with Gasteiger partial charge in [-0.3, -0.25) is 4.79 Å². The van der Waals surface area contributed by atoms with E-state index in [2.05, 4.69) is 10.6 Å². The Hall–Kier alpha value is -2.57. The first-order valence-corrected chi connectivity index (χ1v) is 7.88. The number of urea groups is 1. The maximum absolute atomic E-state index is 13.4. The van der Waals surface area contributed by atoms with E-state index in [0.29, 0.717) is 23.2 Å². The molecule has 0 bridgehead atoms. The molecule has 2 atom stereocenters. The molecule has 1 aromatic heterocycles. The standard InChI is InChI=1S/C17H22FN3O3/c1-4-5-13(21-17(19)23)16(22)20-10(3)15-9(2)12-8-11(18)6-7-14(12)24-15/h6-8,10,13H,4-5H2,1-3H3,(H,20,22)(H3,19,21,23)/t10-,13+/m0/s1. The molecule has 0 aliphatic heterocycles. The largest absolute Gasteiger partial charge is 0.459 e. The third kappa shape index (κ3) is 3.84. The molecule has 0 saturated carbocycles. The van der Waals surface area contributed by atoms with Gasteiger partial charge in [0.15, 0.2) is 0 Å². The fourth-order valence-corrected chi connectivity index (χ4v) is 2.73. The SMILES string of the molecule is CCC[C@@H](NC(N)=O)C(=O)N[C@@H](C)c1oc2ccc(F)cc2c1C. The molecule has 6 nitrogen and oxygen atoms in total. The molecule has 1 aromatic carbocycles. The highest BCUT2D eigenvalue weighted by atomic mass is 19.1. The number of halogens is 1. The Labute approximate surface area is 139 Å². The van der Waals surface area contributed by atoms with Crippen molar-refractivity contribution in [3.05, 3.63) is 35.3 Å². The minimum Gasteiger partial charge on any atom is -0.459 e. The van der Waals surface area contributed by atoms with E-state index in [1.165, 1.54) is 12.1 Å². The predicted octanol–water partition coefficient (Wildman–Crippen LogP) is 2.89. The Morgan fingerprint density at radius 3 is 2.67 bits per heavy atom. The molecule has 0 aliphatic carbocycles. The molecule has 0 radical (unpaired) electrons. The molecule has 1 heterocycles. The van der Waals surface area contributed by atoms with Gasteiger partial charge >= 0.3 is 6.03 Å². The van der Waals surface area contributed by atoms with Crippen LogP contribution in [-0.2, 0) is 4.79 Å². The minimum absolute atomic E-state index is 0.339. The summed E-state index contributed by atoms with van der Waals surface area (Å²) in [6.07, 6.45) is 1.20. The van der Waals surface area contributed by atoms with Gasteiger partial charge in [-0.15, -0.1) is 0 Å². The third-order valence-corrected chi connectivity index (χ3v) is 3.90. The fourth-order valence-electron chi connectivity index (χ4n) is 2.73. The molecule has 3 amide bonds. The predicted molar refractivity (Wildman–Crippen MR) is 88.9 cm³/mol. The lowest BCUT2D eigenvalue weighted by molar-refractivity contribution is -0.123. The summed E-state index contributed by atoms with van der Waals surface area (Å²) in [5.74, 6) is -0.129. The molecule has 0 saturated heterocycles. The van der Waals surface area contributed by atoms with Gasteiger partial charge in [-0.25, -0.2) is 9.18 Å². The molecule has 0 unspecified atom stereocenters. The first-order valence-electron chi connectivity index (χ1n) is 7.88. The quantitative estimate of drug-likeness (QED) is 0.757. The van der Waals surface area contributed by atoms with Crippen LogP contribution in [0.25, 0.3) is 11.0 Å². The van der Waals surface area contributed by atoms with Crippen molar-refractivity contribution in [1.82, 2.24) is 10.6 Å². The Morgan fingerprint density at radius 2 is 2.04 bits per heavy atom. The zero-order chi connectivity index (χ0) is 17.9. The van der Waals surface area contributed by atoms with Crippen LogP contribution < -0.4 is 16.4 Å². The number of furan rings is 1. The van der Waals surface area contributed by atoms with E-state index in [0.717, 1.165) is 12.0 Å². The lowest BCUT2D eigenvalue weighted by atomic mass is 10.1. The minimum atomic E-state index is -0.744. The summed E-state index contributed by atoms with van der Waals surface area (Å²) in [6, 6.07) is 2.42. The van der Waals surface area contributed by atoms with Crippen molar-refractivity contribution in [3.8, 4) is 0 Å². The zero-order valence-electron chi connectivity index (χ0n) is 14.0. The summed E-state index contributed by atoms with van der Waals surface area (Å²) in [4.78, 5) is 23.4. The second kappa shape index (κ2) is 7.33. The second-order valence-electron chi connectivity index (χ2n) is 5.81. The molecule has 7 heteroatoms. The van der Waals surface area contributed by atoms with E-state index in [-0.39, 0.29) is 11.7 Å². The number of nitrogens with two attached hydrogens (primary N) is 1. The molecule has 0 aliphatic rings. The monoisotopic (exact) mass is 335 g/mol. The van der Waals surface area contributed by atoms with Gasteiger partial charge in [0.1, 0.15) is 23.2 Å². The van der Waals surface area contributed by atoms with Crippen molar-refractivity contribution >= 4 is 22.9 Å². The van der Waals surface area contributed by atoms with E-state index in [1.807, 2.05) is 13.8 Å². The van der Waals surface area contributed by atoms with Gasteiger partial charge < -0.3 is 20.8 Å². The van der Waals surface area contributed by atoms with E-state index in [9.17, 15) is 14.0 Å². The topological polar surface area (TPSA) is 97.4 Å². The van der Waals surface area contributed by atoms with Gasteiger partial charge in [0.05, 0.1) is 6.04 Å². The molecule has 130 valence electrons. The summed E-state index contributed by atoms with van der Waals surface area (Å²) in [5.41, 5.74) is 6.44. The average molecular weight is 335 g/mol. The number of carbonyl (C=O) groups excluding carboxylic acids is 2. The van der Waals surface area contributed by atoms with Crippen LogP contribution in [0.15, 0.2) is 22.6 Å². The molecule has 2 rings (SSSR count). The number of hydrogen-bond donors (Lipinski definition) is 3. The molecule has 0 fully saturated rings. The molecule has 4 N–H and O–H groups in total. The number of aryl methyl sites for hydroxylation is 1. The number of rotatable bonds is 6. The zero-order valence-corrected chi connectivity index (χ0v) is 14.0. The van der Waals surface area contributed by atoms with Crippen LogP contribution in [0.1, 0.15) is 44.1 Å². The van der Waals surface area contributed by atoms with Gasteiger partial charge in [0.25, 0.3) is 0 Å². The van der Waals surface area contributed by atoms with Crippen molar-refractivity contribution < 1.29 is 18.4 Å². The molecular formula is C17H22FN3O3. The summed E-state index contributed by atoms with van der Waals surface area (Å²) in [5, 5.41) is 5.91. The van der Waals surface area contributed by atoms with Crippen LogP contribution in [-0.4, -0.2) is 18.0 Å². The number of benzene rings is 1. The van der Waals surface area contributed by atoms with Crippen molar-refractivity contribution in [2.75, 3.05) is 0 Å². The lowest BCUT2D eigenvalue weighted by Crippen LogP contribution is -2.49. The van der Waals surface area contributed by atoms with Crippen LogP contribution in [0, 0.1) is 12.7 Å². The maximum atomic E-state index is 13.4. The lowest BCUT2D eigenvalue weighted by Gasteiger charge is -2.19. The summed E-state index contributed by atoms with van der Waals surface area (Å²) < 4.78 is 19.1. The smallest absolute Gasteiger partial charge is 0.312 e. The van der Waals surface area contributed by atoms with E-state index < -0.39 is 18.1 Å². The van der Waals surface area contributed by atoms with Gasteiger partial charge in [0.2, 0.25) is 5.91 Å². The molecule has 0 spiro atoms. The third-order valence-electron chi connectivity index (χ3n) is 3.90. The van der Waals surface area contributed by atoms with E-state index in [4.69, 9.17) is 10.2 Å². The first-order chi connectivity index (χ1) is 11.3. The Balaban J connectivity index is 2.19. The second-order valence-corrected chi connectivity index (χ2v) is 5.81. The van der Waals surface area contributed by atoms with E-state index >= 15 is 0 Å². The Morgan fingerprint density at radius 1 is 1.33 bits per heavy atom. The van der Waals surface area contributed by atoms with E-state index in [1.54, 1.807) is 13.0 Å². The Bertz CT molecular complexity index is 757. The number of carbonyl (C=O) groups is 2. The average Bonchev–Trinajstić information content (AvgIpc) is 2.83. The van der Waals surface area contributed by atoms with Crippen molar-refractivity contribution in [2.24, 2.45) is 5.73 Å². The molecular weight excluding hydrogens is 313 g/mol. The molecule has 24 heavy (non-hydrogen) atoms. The first kappa shape index (κ1) is 17.8. The maximum Gasteiger partial charge on any atom is 0.312 e. The van der Waals surface area contributed by atoms with Gasteiger partial charge in [-0.2, -0.15) is 0 Å². The number of nitrogens with one attached hydrogen (secondary N) is 2. The van der Waals surface area contributed by atoms with Crippen LogP contribution in [0.3, 0.4) is 0 Å². The van der Waals surface area contributed by atoms with Crippen LogP contribution >= 0.6 is 0 Å². The fraction of sp³-hybridized carbons (Fsp3) is 0.412. The number of fused-ring (bicyclic) bond motifs is 1. The Kier molecular flexibility index (Phi) is 5.43. The van der Waals surface area contributed by atoms with Gasteiger partial charge in [0, 0.05) is 10.9 Å². The highest BCUT2D eigenvalue weighted by Gasteiger charge is 2.24. The summed E-state index contributed by atoms with van der Waals surface area (Å²) >= 11 is 0. The number of amides is 3. The van der Waals surface area contributed by atoms with Crippen molar-refractivity contribution in [3.63, 3.8) is 0 Å². The van der Waals surface area contributed by atoms with Crippen LogP contribution in [0.4, 0.5) is 9.18 Å². The summed E-state index contributed by atoms with van der Waals surface area (Å²) in [6.45, 7) is 5.49. The van der Waals surface area contributed by atoms with Crippen molar-refractivity contribution in [1.29, 1.82) is 0 Å². The number of hydrogen-bond acceptors (Lipinski definition) is 3. The highest BCUT2D eigenvalue weighted by molar-refractivity contribution is 5.87. The van der Waals surface area contributed by atoms with Crippen LogP contribution in [0.2, 0.25) is 0 Å². The van der Waals surface area contributed by atoms with Crippen LogP contribution in [0.5, 0.6) is 0 Å². The van der Waals surface area contributed by atoms with Gasteiger partial charge in [-0.1, -0.05) is 13.3 Å². The normalized spacial score (nSPS) is 13.5. The van der Waals surface area contributed by atoms with Gasteiger partial charge in [-0.05, 0) is 38.5 Å². The number of primary amides is 1. The van der Waals surface area contributed by atoms with Crippen molar-refractivity contribution in [2.45, 2.75) is 45.7 Å².